The summed E-state index contributed by atoms with van der Waals surface area (Å²) in [6, 6.07) is 9.79. The fraction of sp³-hybridized carbons (Fsp3) is 0.143. The SMILES string of the molecule is CC(=O)Nc1nc(-c2ccccc2)c(C)c2nncn12. The van der Waals surface area contributed by atoms with Crippen molar-refractivity contribution in [3.8, 4) is 11.3 Å². The summed E-state index contributed by atoms with van der Waals surface area (Å²) < 4.78 is 1.67. The first-order chi connectivity index (χ1) is 9.66. The number of carbonyl (C=O) groups excluding carboxylic acids is 1. The van der Waals surface area contributed by atoms with E-state index in [1.165, 1.54) is 13.3 Å². The van der Waals surface area contributed by atoms with E-state index in [0.29, 0.717) is 11.6 Å². The van der Waals surface area contributed by atoms with Gasteiger partial charge in [-0.2, -0.15) is 0 Å². The van der Waals surface area contributed by atoms with Crippen LogP contribution in [-0.4, -0.2) is 25.5 Å². The predicted molar refractivity (Wildman–Crippen MR) is 75.3 cm³/mol. The van der Waals surface area contributed by atoms with Gasteiger partial charge in [0.2, 0.25) is 11.9 Å². The Kier molecular flexibility index (Phi) is 2.90. The summed E-state index contributed by atoms with van der Waals surface area (Å²) in [7, 11) is 0. The highest BCUT2D eigenvalue weighted by atomic mass is 16.1. The van der Waals surface area contributed by atoms with Gasteiger partial charge in [0.25, 0.3) is 0 Å². The van der Waals surface area contributed by atoms with Crippen LogP contribution in [0.1, 0.15) is 12.5 Å². The maximum absolute atomic E-state index is 11.3. The zero-order valence-corrected chi connectivity index (χ0v) is 11.2. The van der Waals surface area contributed by atoms with E-state index < -0.39 is 0 Å². The summed E-state index contributed by atoms with van der Waals surface area (Å²) in [5, 5.41) is 10.7. The number of benzene rings is 1. The van der Waals surface area contributed by atoms with E-state index in [1.54, 1.807) is 4.40 Å². The number of amides is 1. The van der Waals surface area contributed by atoms with Crippen LogP contribution in [-0.2, 0) is 4.79 Å². The van der Waals surface area contributed by atoms with Crippen LogP contribution >= 0.6 is 0 Å². The largest absolute Gasteiger partial charge is 0.296 e. The Labute approximate surface area is 115 Å². The Morgan fingerprint density at radius 2 is 2.00 bits per heavy atom. The van der Waals surface area contributed by atoms with Crippen molar-refractivity contribution in [2.45, 2.75) is 13.8 Å². The fourth-order valence-electron chi connectivity index (χ4n) is 2.12. The number of aryl methyl sites for hydroxylation is 1. The molecule has 0 unspecified atom stereocenters. The zero-order valence-electron chi connectivity index (χ0n) is 11.2. The van der Waals surface area contributed by atoms with Crippen LogP contribution in [0, 0.1) is 6.92 Å². The van der Waals surface area contributed by atoms with E-state index in [9.17, 15) is 4.79 Å². The quantitative estimate of drug-likeness (QED) is 0.771. The second kappa shape index (κ2) is 4.73. The first kappa shape index (κ1) is 12.3. The Balaban J connectivity index is 2.27. The Hall–Kier alpha value is -2.76. The van der Waals surface area contributed by atoms with Crippen LogP contribution in [0.4, 0.5) is 5.95 Å². The molecule has 2 heterocycles. The number of hydrogen-bond acceptors (Lipinski definition) is 4. The molecule has 0 aliphatic carbocycles. The molecule has 3 aromatic rings. The van der Waals surface area contributed by atoms with Crippen molar-refractivity contribution in [1.29, 1.82) is 0 Å². The summed E-state index contributed by atoms with van der Waals surface area (Å²) in [5.74, 6) is 0.234. The Morgan fingerprint density at radius 3 is 2.70 bits per heavy atom. The molecule has 0 saturated heterocycles. The number of carbonyl (C=O) groups is 1. The standard InChI is InChI=1S/C14H13N5O/c1-9-12(11-6-4-3-5-7-11)17-14(16-10(2)20)19-8-15-18-13(9)19/h3-8H,1-2H3,(H,16,17,20). The molecule has 0 radical (unpaired) electrons. The molecule has 1 amide bonds. The third-order valence-electron chi connectivity index (χ3n) is 3.02. The van der Waals surface area contributed by atoms with Crippen LogP contribution in [0.3, 0.4) is 0 Å². The lowest BCUT2D eigenvalue weighted by atomic mass is 10.1. The van der Waals surface area contributed by atoms with Gasteiger partial charge in [-0.25, -0.2) is 4.98 Å². The topological polar surface area (TPSA) is 72.2 Å². The zero-order chi connectivity index (χ0) is 14.1. The maximum atomic E-state index is 11.3. The van der Waals surface area contributed by atoms with Gasteiger partial charge >= 0.3 is 0 Å². The summed E-state index contributed by atoms with van der Waals surface area (Å²) in [4.78, 5) is 15.8. The van der Waals surface area contributed by atoms with Crippen LogP contribution < -0.4 is 5.32 Å². The number of fused-ring (bicyclic) bond motifs is 1. The molecule has 0 spiro atoms. The van der Waals surface area contributed by atoms with Crippen LogP contribution in [0.15, 0.2) is 36.7 Å². The molecular weight excluding hydrogens is 254 g/mol. The molecule has 1 aromatic carbocycles. The van der Waals surface area contributed by atoms with Crippen LogP contribution in [0.5, 0.6) is 0 Å². The van der Waals surface area contributed by atoms with Gasteiger partial charge in [-0.15, -0.1) is 10.2 Å². The van der Waals surface area contributed by atoms with Gasteiger partial charge in [0.15, 0.2) is 5.65 Å². The average molecular weight is 267 g/mol. The van der Waals surface area contributed by atoms with Crippen molar-refractivity contribution in [1.82, 2.24) is 19.6 Å². The summed E-state index contributed by atoms with van der Waals surface area (Å²) >= 11 is 0. The highest BCUT2D eigenvalue weighted by Gasteiger charge is 2.14. The van der Waals surface area contributed by atoms with Gasteiger partial charge in [-0.05, 0) is 6.92 Å². The normalized spacial score (nSPS) is 10.7. The van der Waals surface area contributed by atoms with Crippen molar-refractivity contribution >= 4 is 17.5 Å². The molecule has 20 heavy (non-hydrogen) atoms. The van der Waals surface area contributed by atoms with Gasteiger partial charge in [-0.3, -0.25) is 14.5 Å². The average Bonchev–Trinajstić information content (AvgIpc) is 2.92. The van der Waals surface area contributed by atoms with E-state index in [4.69, 9.17) is 0 Å². The maximum Gasteiger partial charge on any atom is 0.223 e. The number of aromatic nitrogens is 4. The van der Waals surface area contributed by atoms with E-state index >= 15 is 0 Å². The molecule has 0 saturated carbocycles. The molecule has 2 aromatic heterocycles. The van der Waals surface area contributed by atoms with Crippen LogP contribution in [0.25, 0.3) is 16.9 Å². The van der Waals surface area contributed by atoms with Gasteiger partial charge in [0, 0.05) is 18.1 Å². The molecule has 1 N–H and O–H groups in total. The summed E-state index contributed by atoms with van der Waals surface area (Å²) in [6.07, 6.45) is 1.54. The lowest BCUT2D eigenvalue weighted by molar-refractivity contribution is -0.114. The van der Waals surface area contributed by atoms with E-state index in [1.807, 2.05) is 37.3 Å². The van der Waals surface area contributed by atoms with E-state index in [0.717, 1.165) is 16.8 Å². The van der Waals surface area contributed by atoms with Crippen molar-refractivity contribution < 1.29 is 4.79 Å². The fourth-order valence-corrected chi connectivity index (χ4v) is 2.12. The smallest absolute Gasteiger partial charge is 0.223 e. The highest BCUT2D eigenvalue weighted by Crippen LogP contribution is 2.25. The van der Waals surface area contributed by atoms with E-state index in [-0.39, 0.29) is 5.91 Å². The van der Waals surface area contributed by atoms with Crippen molar-refractivity contribution in [3.05, 3.63) is 42.2 Å². The first-order valence-electron chi connectivity index (χ1n) is 6.20. The molecule has 0 fully saturated rings. The van der Waals surface area contributed by atoms with Crippen LogP contribution in [0.2, 0.25) is 0 Å². The minimum absolute atomic E-state index is 0.185. The summed E-state index contributed by atoms with van der Waals surface area (Å²) in [5.41, 5.74) is 3.36. The minimum atomic E-state index is -0.185. The summed E-state index contributed by atoms with van der Waals surface area (Å²) in [6.45, 7) is 3.39. The number of anilines is 1. The molecular formula is C14H13N5O. The number of hydrogen-bond donors (Lipinski definition) is 1. The number of nitrogens with one attached hydrogen (secondary N) is 1. The van der Waals surface area contributed by atoms with Crippen molar-refractivity contribution in [2.24, 2.45) is 0 Å². The number of nitrogens with zero attached hydrogens (tertiary/aromatic N) is 4. The Bertz CT molecular complexity index is 779. The molecule has 6 nitrogen and oxygen atoms in total. The van der Waals surface area contributed by atoms with Crippen molar-refractivity contribution in [3.63, 3.8) is 0 Å². The Morgan fingerprint density at radius 1 is 1.25 bits per heavy atom. The minimum Gasteiger partial charge on any atom is -0.296 e. The van der Waals surface area contributed by atoms with Gasteiger partial charge in [0.1, 0.15) is 6.33 Å². The molecule has 3 rings (SSSR count). The molecule has 0 aliphatic rings. The lowest BCUT2D eigenvalue weighted by Crippen LogP contribution is -2.12. The highest BCUT2D eigenvalue weighted by molar-refractivity contribution is 5.88. The first-order valence-corrected chi connectivity index (χ1v) is 6.20. The van der Waals surface area contributed by atoms with Gasteiger partial charge in [-0.1, -0.05) is 30.3 Å². The molecule has 6 heteroatoms. The van der Waals surface area contributed by atoms with Gasteiger partial charge in [0.05, 0.1) is 5.69 Å². The molecule has 0 bridgehead atoms. The molecule has 0 aliphatic heterocycles. The monoisotopic (exact) mass is 267 g/mol. The third kappa shape index (κ3) is 2.01. The van der Waals surface area contributed by atoms with Gasteiger partial charge < -0.3 is 0 Å². The predicted octanol–water partition coefficient (Wildman–Crippen LogP) is 2.06. The lowest BCUT2D eigenvalue weighted by Gasteiger charge is -2.11. The molecule has 0 atom stereocenters. The van der Waals surface area contributed by atoms with Crippen molar-refractivity contribution in [2.75, 3.05) is 5.32 Å². The second-order valence-corrected chi connectivity index (χ2v) is 4.48. The second-order valence-electron chi connectivity index (χ2n) is 4.48. The third-order valence-corrected chi connectivity index (χ3v) is 3.02. The molecule has 100 valence electrons. The van der Waals surface area contributed by atoms with E-state index in [2.05, 4.69) is 20.5 Å². The number of rotatable bonds is 2.